The van der Waals surface area contributed by atoms with Crippen LogP contribution in [0.2, 0.25) is 0 Å². The Balaban J connectivity index is 1.67. The van der Waals surface area contributed by atoms with E-state index in [0.29, 0.717) is 22.7 Å². The van der Waals surface area contributed by atoms with E-state index in [4.69, 9.17) is 4.74 Å². The van der Waals surface area contributed by atoms with Gasteiger partial charge < -0.3 is 14.2 Å². The molecular formula is C29H28NO5S-. The lowest BCUT2D eigenvalue weighted by Crippen LogP contribution is -2.34. The highest BCUT2D eigenvalue weighted by molar-refractivity contribution is 7.86. The zero-order valence-electron chi connectivity index (χ0n) is 20.3. The molecule has 0 aromatic heterocycles. The molecule has 0 bridgehead atoms. The molecule has 0 heterocycles. The van der Waals surface area contributed by atoms with Crippen LogP contribution in [0.4, 0.5) is 5.69 Å². The first kappa shape index (κ1) is 25.4. The van der Waals surface area contributed by atoms with Crippen LogP contribution in [0.5, 0.6) is 5.75 Å². The van der Waals surface area contributed by atoms with E-state index in [-0.39, 0.29) is 29.3 Å². The number of anilines is 1. The smallest absolute Gasteiger partial charge is 0.265 e. The number of benzene rings is 4. The summed E-state index contributed by atoms with van der Waals surface area (Å²) < 4.78 is 41.4. The Kier molecular flexibility index (Phi) is 7.72. The van der Waals surface area contributed by atoms with Crippen LogP contribution in [0.25, 0.3) is 10.8 Å². The summed E-state index contributed by atoms with van der Waals surface area (Å²) in [6.07, 6.45) is 1.04. The second kappa shape index (κ2) is 10.9. The number of ether oxygens (including phenoxy) is 1. The lowest BCUT2D eigenvalue weighted by Gasteiger charge is -2.25. The van der Waals surface area contributed by atoms with E-state index < -0.39 is 10.1 Å². The van der Waals surface area contributed by atoms with Crippen LogP contribution < -0.4 is 9.64 Å². The topological polar surface area (TPSA) is 86.7 Å². The van der Waals surface area contributed by atoms with Gasteiger partial charge in [0.1, 0.15) is 15.9 Å². The number of rotatable bonds is 9. The molecule has 0 aliphatic carbocycles. The number of fused-ring (bicyclic) bond motifs is 1. The van der Waals surface area contributed by atoms with E-state index in [0.717, 1.165) is 12.0 Å². The minimum absolute atomic E-state index is 0.203. The Bertz CT molecular complexity index is 1450. The van der Waals surface area contributed by atoms with Gasteiger partial charge in [-0.15, -0.1) is 0 Å². The van der Waals surface area contributed by atoms with Crippen LogP contribution in [-0.4, -0.2) is 25.5 Å². The summed E-state index contributed by atoms with van der Waals surface area (Å²) in [7, 11) is -4.69. The molecule has 0 saturated carbocycles. The molecule has 0 saturated heterocycles. The van der Waals surface area contributed by atoms with Gasteiger partial charge in [-0.25, -0.2) is 8.42 Å². The molecule has 0 aliphatic rings. The second-order valence-electron chi connectivity index (χ2n) is 8.72. The van der Waals surface area contributed by atoms with Crippen LogP contribution in [0.15, 0.2) is 95.9 Å². The Morgan fingerprint density at radius 1 is 0.889 bits per heavy atom. The van der Waals surface area contributed by atoms with Gasteiger partial charge in [-0.05, 0) is 47.7 Å². The molecule has 1 amide bonds. The molecular weight excluding hydrogens is 474 g/mol. The minimum atomic E-state index is -4.69. The molecule has 4 aromatic rings. The van der Waals surface area contributed by atoms with Gasteiger partial charge in [0.25, 0.3) is 5.91 Å². The zero-order valence-corrected chi connectivity index (χ0v) is 21.1. The van der Waals surface area contributed by atoms with Crippen molar-refractivity contribution in [3.05, 3.63) is 102 Å². The van der Waals surface area contributed by atoms with Crippen molar-refractivity contribution in [2.24, 2.45) is 0 Å². The summed E-state index contributed by atoms with van der Waals surface area (Å²) >= 11 is 0. The Hall–Kier alpha value is -3.68. The van der Waals surface area contributed by atoms with Crippen molar-refractivity contribution in [1.29, 1.82) is 0 Å². The fraction of sp³-hybridized carbons (Fsp3) is 0.207. The highest BCUT2D eigenvalue weighted by Gasteiger charge is 2.21. The summed E-state index contributed by atoms with van der Waals surface area (Å²) in [5.41, 5.74) is 2.61. The fourth-order valence-corrected chi connectivity index (χ4v) is 4.84. The van der Waals surface area contributed by atoms with Crippen molar-refractivity contribution in [3.63, 3.8) is 0 Å². The minimum Gasteiger partial charge on any atom is -0.744 e. The van der Waals surface area contributed by atoms with Crippen molar-refractivity contribution in [1.82, 2.24) is 0 Å². The summed E-state index contributed by atoms with van der Waals surface area (Å²) in [4.78, 5) is 14.7. The van der Waals surface area contributed by atoms with Crippen molar-refractivity contribution in [2.45, 2.75) is 37.6 Å². The normalized spacial score (nSPS) is 12.3. The van der Waals surface area contributed by atoms with Gasteiger partial charge in [0, 0.05) is 10.8 Å². The first-order valence-electron chi connectivity index (χ1n) is 11.8. The zero-order chi connectivity index (χ0) is 25.7. The van der Waals surface area contributed by atoms with Crippen molar-refractivity contribution >= 4 is 32.5 Å². The van der Waals surface area contributed by atoms with Crippen molar-refractivity contribution in [2.75, 3.05) is 11.5 Å². The van der Waals surface area contributed by atoms with Crippen LogP contribution in [-0.2, 0) is 21.5 Å². The number of carbonyl (C=O) groups is 1. The van der Waals surface area contributed by atoms with E-state index in [2.05, 4.69) is 13.8 Å². The SMILES string of the molecule is CCC(C)c1ccc(OCC(=O)N(Cc2ccccc2)c2cccc3c(S(=O)(=O)[O-])cccc23)cc1. The Labute approximate surface area is 211 Å². The Morgan fingerprint density at radius 2 is 1.56 bits per heavy atom. The standard InChI is InChI=1S/C29H29NO5S/c1-3-21(2)23-15-17-24(18-16-23)35-20-29(31)30(19-22-9-5-4-6-10-22)27-13-7-12-26-25(27)11-8-14-28(26)36(32,33)34/h4-18,21H,3,19-20H2,1-2H3,(H,32,33,34)/p-1. The van der Waals surface area contributed by atoms with Crippen LogP contribution in [0.3, 0.4) is 0 Å². The van der Waals surface area contributed by atoms with E-state index in [1.54, 1.807) is 29.2 Å². The first-order chi connectivity index (χ1) is 17.3. The third-order valence-electron chi connectivity index (χ3n) is 6.33. The van der Waals surface area contributed by atoms with Gasteiger partial charge in [0.05, 0.1) is 17.1 Å². The molecule has 7 heteroatoms. The first-order valence-corrected chi connectivity index (χ1v) is 13.2. The molecule has 0 spiro atoms. The average molecular weight is 503 g/mol. The molecule has 0 N–H and O–H groups in total. The van der Waals surface area contributed by atoms with Gasteiger partial charge in [0.15, 0.2) is 6.61 Å². The lowest BCUT2D eigenvalue weighted by molar-refractivity contribution is -0.120. The fourth-order valence-electron chi connectivity index (χ4n) is 4.14. The van der Waals surface area contributed by atoms with Gasteiger partial charge >= 0.3 is 0 Å². The van der Waals surface area contributed by atoms with E-state index >= 15 is 0 Å². The second-order valence-corrected chi connectivity index (χ2v) is 10.1. The molecule has 0 radical (unpaired) electrons. The quantitative estimate of drug-likeness (QED) is 0.267. The van der Waals surface area contributed by atoms with Crippen LogP contribution >= 0.6 is 0 Å². The van der Waals surface area contributed by atoms with Crippen molar-refractivity contribution < 1.29 is 22.5 Å². The Morgan fingerprint density at radius 3 is 2.22 bits per heavy atom. The predicted molar refractivity (Wildman–Crippen MR) is 140 cm³/mol. The number of hydrogen-bond donors (Lipinski definition) is 0. The maximum absolute atomic E-state index is 13.5. The third-order valence-corrected chi connectivity index (χ3v) is 7.22. The number of amides is 1. The molecule has 1 atom stereocenters. The molecule has 4 rings (SSSR count). The molecule has 1 unspecified atom stereocenters. The maximum Gasteiger partial charge on any atom is 0.265 e. The highest BCUT2D eigenvalue weighted by atomic mass is 32.2. The van der Waals surface area contributed by atoms with E-state index in [1.807, 2.05) is 54.6 Å². The van der Waals surface area contributed by atoms with E-state index in [9.17, 15) is 17.8 Å². The molecule has 186 valence electrons. The lowest BCUT2D eigenvalue weighted by atomic mass is 9.99. The number of carbonyl (C=O) groups excluding carboxylic acids is 1. The predicted octanol–water partition coefficient (Wildman–Crippen LogP) is 5.87. The number of nitrogens with zero attached hydrogens (tertiary/aromatic N) is 1. The van der Waals surface area contributed by atoms with Gasteiger partial charge in [-0.1, -0.05) is 80.6 Å². The van der Waals surface area contributed by atoms with Gasteiger partial charge in [-0.3, -0.25) is 4.79 Å². The van der Waals surface area contributed by atoms with Gasteiger partial charge in [0.2, 0.25) is 0 Å². The molecule has 0 fully saturated rings. The van der Waals surface area contributed by atoms with E-state index in [1.165, 1.54) is 17.7 Å². The summed E-state index contributed by atoms with van der Waals surface area (Å²) in [6.45, 7) is 4.35. The largest absolute Gasteiger partial charge is 0.744 e. The average Bonchev–Trinajstić information content (AvgIpc) is 2.89. The summed E-state index contributed by atoms with van der Waals surface area (Å²) in [6, 6.07) is 26.7. The van der Waals surface area contributed by atoms with Crippen LogP contribution in [0, 0.1) is 0 Å². The summed E-state index contributed by atoms with van der Waals surface area (Å²) in [5, 5.41) is 0.772. The monoisotopic (exact) mass is 502 g/mol. The highest BCUT2D eigenvalue weighted by Crippen LogP contribution is 2.32. The summed E-state index contributed by atoms with van der Waals surface area (Å²) in [5.74, 6) is 0.733. The maximum atomic E-state index is 13.5. The van der Waals surface area contributed by atoms with Crippen molar-refractivity contribution in [3.8, 4) is 5.75 Å². The van der Waals surface area contributed by atoms with Gasteiger partial charge in [-0.2, -0.15) is 0 Å². The number of hydrogen-bond acceptors (Lipinski definition) is 5. The molecule has 36 heavy (non-hydrogen) atoms. The third kappa shape index (κ3) is 5.75. The van der Waals surface area contributed by atoms with Crippen LogP contribution in [0.1, 0.15) is 37.3 Å². The molecule has 6 nitrogen and oxygen atoms in total. The molecule has 4 aromatic carbocycles. The molecule has 0 aliphatic heterocycles.